The van der Waals surface area contributed by atoms with Gasteiger partial charge in [0.15, 0.2) is 12.4 Å². The van der Waals surface area contributed by atoms with Crippen molar-refractivity contribution in [2.75, 3.05) is 6.61 Å². The number of rotatable bonds is 6. The van der Waals surface area contributed by atoms with Crippen LogP contribution in [-0.4, -0.2) is 18.4 Å². The van der Waals surface area contributed by atoms with E-state index in [4.69, 9.17) is 14.2 Å². The molecule has 0 saturated carbocycles. The van der Waals surface area contributed by atoms with E-state index in [1.165, 1.54) is 6.26 Å². The number of carbonyl (C=O) groups is 1. The maximum absolute atomic E-state index is 11.3. The second-order valence-corrected chi connectivity index (χ2v) is 5.01. The van der Waals surface area contributed by atoms with Crippen LogP contribution in [0.4, 0.5) is 0 Å². The van der Waals surface area contributed by atoms with E-state index >= 15 is 0 Å². The Kier molecular flexibility index (Phi) is 4.66. The molecule has 1 aliphatic heterocycles. The molecule has 0 fully saturated rings. The Balaban J connectivity index is 1.82. The Morgan fingerprint density at radius 2 is 2.05 bits per heavy atom. The molecule has 1 unspecified atom stereocenters. The smallest absolute Gasteiger partial charge is 0.306 e. The predicted molar refractivity (Wildman–Crippen MR) is 74.7 cm³/mol. The molecule has 4 heteroatoms. The van der Waals surface area contributed by atoms with E-state index in [2.05, 4.69) is 0 Å². The van der Waals surface area contributed by atoms with Gasteiger partial charge in [-0.25, -0.2) is 0 Å². The molecule has 1 aromatic rings. The topological polar surface area (TPSA) is 44.8 Å². The van der Waals surface area contributed by atoms with E-state index in [-0.39, 0.29) is 12.6 Å². The van der Waals surface area contributed by atoms with Gasteiger partial charge in [0.2, 0.25) is 0 Å². The first-order valence-corrected chi connectivity index (χ1v) is 6.87. The van der Waals surface area contributed by atoms with Crippen molar-refractivity contribution < 1.29 is 19.0 Å². The van der Waals surface area contributed by atoms with Gasteiger partial charge in [0.1, 0.15) is 6.26 Å². The fourth-order valence-electron chi connectivity index (χ4n) is 2.05. The lowest BCUT2D eigenvalue weighted by molar-refractivity contribution is -0.150. The Labute approximate surface area is 119 Å². The van der Waals surface area contributed by atoms with Crippen molar-refractivity contribution in [2.45, 2.75) is 38.9 Å². The summed E-state index contributed by atoms with van der Waals surface area (Å²) < 4.78 is 16.4. The molecule has 0 spiro atoms. The van der Waals surface area contributed by atoms with Crippen molar-refractivity contribution in [1.82, 2.24) is 0 Å². The minimum atomic E-state index is -0.728. The Morgan fingerprint density at radius 3 is 2.75 bits per heavy atom. The van der Waals surface area contributed by atoms with Crippen molar-refractivity contribution in [1.29, 1.82) is 0 Å². The Hall–Kier alpha value is -1.97. The van der Waals surface area contributed by atoms with E-state index in [1.807, 2.05) is 44.2 Å². The normalized spacial score (nSPS) is 20.8. The lowest BCUT2D eigenvalue weighted by Gasteiger charge is -2.24. The van der Waals surface area contributed by atoms with Crippen molar-refractivity contribution in [3.8, 4) is 0 Å². The van der Waals surface area contributed by atoms with Crippen LogP contribution in [0.1, 0.15) is 32.3 Å². The first-order chi connectivity index (χ1) is 9.61. The van der Waals surface area contributed by atoms with Crippen LogP contribution in [0.3, 0.4) is 0 Å². The number of carbonyl (C=O) groups excluding carboxylic acids is 1. The van der Waals surface area contributed by atoms with Crippen LogP contribution < -0.4 is 0 Å². The van der Waals surface area contributed by atoms with Crippen LogP contribution in [-0.2, 0) is 25.4 Å². The lowest BCUT2D eigenvalue weighted by atomic mass is 10.1. The summed E-state index contributed by atoms with van der Waals surface area (Å²) in [5.41, 5.74) is 1.13. The SMILES string of the molecule is CCCC(=O)OCC1=COC(C)(Cc2ccccc2)O1. The zero-order chi connectivity index (χ0) is 14.4. The van der Waals surface area contributed by atoms with Crippen LogP contribution in [0, 0.1) is 0 Å². The molecule has 0 radical (unpaired) electrons. The highest BCUT2D eigenvalue weighted by molar-refractivity contribution is 5.69. The highest BCUT2D eigenvalue weighted by Crippen LogP contribution is 2.28. The monoisotopic (exact) mass is 276 g/mol. The van der Waals surface area contributed by atoms with Gasteiger partial charge in [0.25, 0.3) is 5.79 Å². The van der Waals surface area contributed by atoms with Gasteiger partial charge in [-0.1, -0.05) is 37.3 Å². The molecule has 0 aromatic heterocycles. The summed E-state index contributed by atoms with van der Waals surface area (Å²) in [7, 11) is 0. The van der Waals surface area contributed by atoms with E-state index in [0.717, 1.165) is 12.0 Å². The molecule has 108 valence electrons. The summed E-state index contributed by atoms with van der Waals surface area (Å²) in [6.45, 7) is 3.94. The molecule has 0 bridgehead atoms. The lowest BCUT2D eigenvalue weighted by Crippen LogP contribution is -2.29. The summed E-state index contributed by atoms with van der Waals surface area (Å²) in [6, 6.07) is 9.98. The molecule has 1 heterocycles. The third kappa shape index (κ3) is 4.02. The number of benzene rings is 1. The highest BCUT2D eigenvalue weighted by Gasteiger charge is 2.34. The van der Waals surface area contributed by atoms with Gasteiger partial charge >= 0.3 is 5.97 Å². The van der Waals surface area contributed by atoms with Gasteiger partial charge < -0.3 is 14.2 Å². The average molecular weight is 276 g/mol. The van der Waals surface area contributed by atoms with Gasteiger partial charge in [0, 0.05) is 19.8 Å². The first kappa shape index (κ1) is 14.4. The maximum Gasteiger partial charge on any atom is 0.306 e. The zero-order valence-electron chi connectivity index (χ0n) is 11.9. The largest absolute Gasteiger partial charge is 0.457 e. The quantitative estimate of drug-likeness (QED) is 0.749. The first-order valence-electron chi connectivity index (χ1n) is 6.87. The minimum Gasteiger partial charge on any atom is -0.457 e. The Bertz CT molecular complexity index is 481. The van der Waals surface area contributed by atoms with Gasteiger partial charge in [-0.05, 0) is 12.0 Å². The van der Waals surface area contributed by atoms with Crippen molar-refractivity contribution in [3.05, 3.63) is 47.9 Å². The third-order valence-corrected chi connectivity index (χ3v) is 2.98. The molecule has 0 saturated heterocycles. The summed E-state index contributed by atoms with van der Waals surface area (Å²) in [5.74, 6) is -0.394. The summed E-state index contributed by atoms with van der Waals surface area (Å²) in [5, 5.41) is 0. The molecule has 1 aliphatic rings. The predicted octanol–water partition coefficient (Wildman–Crippen LogP) is 3.18. The van der Waals surface area contributed by atoms with Crippen LogP contribution in [0.2, 0.25) is 0 Å². The van der Waals surface area contributed by atoms with Crippen molar-refractivity contribution >= 4 is 5.97 Å². The third-order valence-electron chi connectivity index (χ3n) is 2.98. The molecule has 2 rings (SSSR count). The number of hydrogen-bond donors (Lipinski definition) is 0. The van der Waals surface area contributed by atoms with E-state index < -0.39 is 5.79 Å². The van der Waals surface area contributed by atoms with Crippen LogP contribution >= 0.6 is 0 Å². The van der Waals surface area contributed by atoms with Gasteiger partial charge in [-0.2, -0.15) is 0 Å². The molecule has 20 heavy (non-hydrogen) atoms. The highest BCUT2D eigenvalue weighted by atomic mass is 16.7. The number of ether oxygens (including phenoxy) is 3. The van der Waals surface area contributed by atoms with E-state index in [9.17, 15) is 4.79 Å². The summed E-state index contributed by atoms with van der Waals surface area (Å²) in [6.07, 6.45) is 3.37. The summed E-state index contributed by atoms with van der Waals surface area (Å²) >= 11 is 0. The molecule has 0 aliphatic carbocycles. The van der Waals surface area contributed by atoms with Crippen molar-refractivity contribution in [2.24, 2.45) is 0 Å². The van der Waals surface area contributed by atoms with Gasteiger partial charge in [0.05, 0.1) is 0 Å². The van der Waals surface area contributed by atoms with Crippen LogP contribution in [0.15, 0.2) is 42.4 Å². The maximum atomic E-state index is 11.3. The van der Waals surface area contributed by atoms with Crippen LogP contribution in [0.5, 0.6) is 0 Å². The fraction of sp³-hybridized carbons (Fsp3) is 0.438. The second-order valence-electron chi connectivity index (χ2n) is 5.01. The van der Waals surface area contributed by atoms with Gasteiger partial charge in [-0.15, -0.1) is 0 Å². The fourth-order valence-corrected chi connectivity index (χ4v) is 2.05. The molecule has 0 N–H and O–H groups in total. The van der Waals surface area contributed by atoms with E-state index in [0.29, 0.717) is 18.6 Å². The molecule has 1 aromatic carbocycles. The second kappa shape index (κ2) is 6.46. The molecule has 0 amide bonds. The number of hydrogen-bond acceptors (Lipinski definition) is 4. The minimum absolute atomic E-state index is 0.128. The average Bonchev–Trinajstić information content (AvgIpc) is 2.79. The molecule has 1 atom stereocenters. The number of esters is 1. The molecular formula is C16H20O4. The van der Waals surface area contributed by atoms with E-state index in [1.54, 1.807) is 0 Å². The summed E-state index contributed by atoms with van der Waals surface area (Å²) in [4.78, 5) is 11.3. The van der Waals surface area contributed by atoms with Gasteiger partial charge in [-0.3, -0.25) is 4.79 Å². The zero-order valence-corrected chi connectivity index (χ0v) is 11.9. The molecular weight excluding hydrogens is 256 g/mol. The van der Waals surface area contributed by atoms with Crippen LogP contribution in [0.25, 0.3) is 0 Å². The van der Waals surface area contributed by atoms with Crippen molar-refractivity contribution in [3.63, 3.8) is 0 Å². The molecule has 4 nitrogen and oxygen atoms in total. The standard InChI is InChI=1S/C16H20O4/c1-3-7-15(17)18-11-14-12-19-16(2,20-14)10-13-8-5-4-6-9-13/h4-6,8-9,12H,3,7,10-11H2,1-2H3. The Morgan fingerprint density at radius 1 is 1.30 bits per heavy atom.